The topological polar surface area (TPSA) is 139 Å². The van der Waals surface area contributed by atoms with Crippen molar-refractivity contribution in [2.24, 2.45) is 17.8 Å². The predicted octanol–water partition coefficient (Wildman–Crippen LogP) is 0.813. The molecule has 10 heteroatoms. The molecule has 160 valence electrons. The molecule has 0 unspecified atom stereocenters. The average molecular weight is 419 g/mol. The van der Waals surface area contributed by atoms with E-state index in [1.807, 2.05) is 13.8 Å². The zero-order valence-corrected chi connectivity index (χ0v) is 17.8. The van der Waals surface area contributed by atoms with Crippen LogP contribution in [0.25, 0.3) is 0 Å². The number of nitrogens with one attached hydrogen (secondary N) is 2. The maximum Gasteiger partial charge on any atom is 0.316 e. The summed E-state index contributed by atoms with van der Waals surface area (Å²) in [6.45, 7) is 5.17. The normalized spacial score (nSPS) is 13.9. The quantitative estimate of drug-likeness (QED) is 0.313. The van der Waals surface area contributed by atoms with Crippen molar-refractivity contribution in [3.05, 3.63) is 0 Å². The first kappa shape index (κ1) is 25.9. The van der Waals surface area contributed by atoms with Crippen LogP contribution in [0, 0.1) is 17.8 Å². The van der Waals surface area contributed by atoms with Gasteiger partial charge in [-0.2, -0.15) is 0 Å². The van der Waals surface area contributed by atoms with E-state index >= 15 is 0 Å². The number of carboxylic acids is 1. The number of thioether (sulfide) groups is 1. The number of carbonyl (C=O) groups is 5. The number of aliphatic carboxylic acids is 1. The van der Waals surface area contributed by atoms with Crippen LogP contribution in [0.2, 0.25) is 0 Å². The van der Waals surface area contributed by atoms with Crippen LogP contribution in [0.5, 0.6) is 0 Å². The second-order valence-electron chi connectivity index (χ2n) is 6.80. The fourth-order valence-corrected chi connectivity index (χ4v) is 3.50. The summed E-state index contributed by atoms with van der Waals surface area (Å²) in [6, 6.07) is -1.07. The molecule has 9 nitrogen and oxygen atoms in total. The van der Waals surface area contributed by atoms with Crippen molar-refractivity contribution in [2.75, 3.05) is 19.9 Å². The number of carbonyl (C=O) groups excluding carboxylic acids is 4. The summed E-state index contributed by atoms with van der Waals surface area (Å²) in [5.74, 6) is -4.94. The number of carboxylic acid groups (broad SMARTS) is 1. The van der Waals surface area contributed by atoms with E-state index in [2.05, 4.69) is 15.4 Å². The Bertz CT molecular complexity index is 580. The fourth-order valence-electron chi connectivity index (χ4n) is 2.73. The van der Waals surface area contributed by atoms with E-state index in [9.17, 15) is 29.1 Å². The molecule has 3 N–H and O–H groups in total. The highest BCUT2D eigenvalue weighted by atomic mass is 32.2. The first-order valence-electron chi connectivity index (χ1n) is 8.98. The number of hydrogen-bond acceptors (Lipinski definition) is 7. The van der Waals surface area contributed by atoms with Gasteiger partial charge in [-0.25, -0.2) is 0 Å². The van der Waals surface area contributed by atoms with Crippen molar-refractivity contribution < 1.29 is 33.8 Å². The summed E-state index contributed by atoms with van der Waals surface area (Å²) in [5, 5.41) is 14.3. The maximum atomic E-state index is 12.7. The first-order chi connectivity index (χ1) is 13.0. The highest BCUT2D eigenvalue weighted by Crippen LogP contribution is 2.26. The number of ether oxygens (including phenoxy) is 1. The molecule has 0 aliphatic heterocycles. The monoisotopic (exact) mass is 418 g/mol. The summed E-state index contributed by atoms with van der Waals surface area (Å²) in [4.78, 5) is 59.2. The lowest BCUT2D eigenvalue weighted by atomic mass is 9.86. The van der Waals surface area contributed by atoms with Crippen molar-refractivity contribution in [1.82, 2.24) is 10.6 Å². The summed E-state index contributed by atoms with van der Waals surface area (Å²) in [7, 11) is 2.58. The number of likely N-dealkylation sites (N-methyl/N-ethyl adjacent to an activating group) is 1. The van der Waals surface area contributed by atoms with Gasteiger partial charge in [-0.3, -0.25) is 24.0 Å². The highest BCUT2D eigenvalue weighted by molar-refractivity contribution is 8.13. The Hall–Kier alpha value is -2.10. The van der Waals surface area contributed by atoms with Crippen LogP contribution in [0.3, 0.4) is 0 Å². The third-order valence-corrected chi connectivity index (χ3v) is 5.04. The Morgan fingerprint density at radius 2 is 1.71 bits per heavy atom. The van der Waals surface area contributed by atoms with E-state index in [-0.39, 0.29) is 29.6 Å². The Labute approximate surface area is 169 Å². The zero-order valence-electron chi connectivity index (χ0n) is 16.9. The van der Waals surface area contributed by atoms with Gasteiger partial charge in [0.2, 0.25) is 11.8 Å². The SMILES string of the molecule is CNC(=O)[C@H](CCC(=O)OC)NC(=O)[C@@H](C(=O)O)[C@H](CSC(C)=O)CC(C)C. The lowest BCUT2D eigenvalue weighted by Crippen LogP contribution is -2.50. The fraction of sp³-hybridized carbons (Fsp3) is 0.722. The molecular formula is C18H30N2O7S. The first-order valence-corrected chi connectivity index (χ1v) is 9.96. The molecule has 0 aromatic carbocycles. The third-order valence-electron chi connectivity index (χ3n) is 4.04. The molecule has 0 bridgehead atoms. The largest absolute Gasteiger partial charge is 0.481 e. The van der Waals surface area contributed by atoms with Crippen molar-refractivity contribution in [2.45, 2.75) is 46.1 Å². The molecule has 0 radical (unpaired) electrons. The lowest BCUT2D eigenvalue weighted by Gasteiger charge is -2.26. The zero-order chi connectivity index (χ0) is 21.9. The lowest BCUT2D eigenvalue weighted by molar-refractivity contribution is -0.150. The van der Waals surface area contributed by atoms with Gasteiger partial charge in [0, 0.05) is 26.1 Å². The molecule has 0 aromatic heterocycles. The Kier molecular flexibility index (Phi) is 12.2. The minimum atomic E-state index is -1.42. The number of hydrogen-bond donors (Lipinski definition) is 3. The molecule has 0 saturated heterocycles. The summed E-state index contributed by atoms with van der Waals surface area (Å²) >= 11 is 0.969. The van der Waals surface area contributed by atoms with Crippen LogP contribution in [0.4, 0.5) is 0 Å². The van der Waals surface area contributed by atoms with E-state index in [0.717, 1.165) is 11.8 Å². The molecule has 0 aromatic rings. The summed E-state index contributed by atoms with van der Waals surface area (Å²) in [6.07, 6.45) is 0.293. The van der Waals surface area contributed by atoms with Crippen molar-refractivity contribution in [1.29, 1.82) is 0 Å². The van der Waals surface area contributed by atoms with E-state index < -0.39 is 41.6 Å². The van der Waals surface area contributed by atoms with Gasteiger partial charge < -0.3 is 20.5 Å². The number of rotatable bonds is 12. The summed E-state index contributed by atoms with van der Waals surface area (Å²) in [5.41, 5.74) is 0. The van der Waals surface area contributed by atoms with Gasteiger partial charge in [-0.05, 0) is 24.7 Å². The molecule has 0 aliphatic carbocycles. The smallest absolute Gasteiger partial charge is 0.316 e. The van der Waals surface area contributed by atoms with Crippen molar-refractivity contribution >= 4 is 40.6 Å². The van der Waals surface area contributed by atoms with Crippen molar-refractivity contribution in [3.8, 4) is 0 Å². The van der Waals surface area contributed by atoms with E-state index in [1.54, 1.807) is 0 Å². The van der Waals surface area contributed by atoms with E-state index in [0.29, 0.717) is 6.42 Å². The molecule has 3 atom stereocenters. The second kappa shape index (κ2) is 13.1. The van der Waals surface area contributed by atoms with Crippen LogP contribution >= 0.6 is 11.8 Å². The minimum Gasteiger partial charge on any atom is -0.481 e. The minimum absolute atomic E-state index is 0.0263. The number of methoxy groups -OCH3 is 1. The third kappa shape index (κ3) is 9.72. The van der Waals surface area contributed by atoms with Crippen LogP contribution in [-0.4, -0.2) is 59.9 Å². The van der Waals surface area contributed by atoms with Crippen molar-refractivity contribution in [3.63, 3.8) is 0 Å². The van der Waals surface area contributed by atoms with Gasteiger partial charge in [-0.15, -0.1) is 0 Å². The molecule has 0 spiro atoms. The molecule has 0 rings (SSSR count). The Morgan fingerprint density at radius 3 is 2.14 bits per heavy atom. The Balaban J connectivity index is 5.43. The van der Waals surface area contributed by atoms with E-state index in [4.69, 9.17) is 0 Å². The maximum absolute atomic E-state index is 12.7. The van der Waals surface area contributed by atoms with Gasteiger partial charge in [-0.1, -0.05) is 25.6 Å². The predicted molar refractivity (Wildman–Crippen MR) is 104 cm³/mol. The molecular weight excluding hydrogens is 388 g/mol. The highest BCUT2D eigenvalue weighted by Gasteiger charge is 2.37. The van der Waals surface area contributed by atoms with Crippen LogP contribution in [0.15, 0.2) is 0 Å². The Morgan fingerprint density at radius 1 is 1.11 bits per heavy atom. The summed E-state index contributed by atoms with van der Waals surface area (Å²) < 4.78 is 4.53. The molecule has 0 heterocycles. The van der Waals surface area contributed by atoms with E-state index in [1.165, 1.54) is 21.1 Å². The molecule has 28 heavy (non-hydrogen) atoms. The van der Waals surface area contributed by atoms with Crippen LogP contribution in [0.1, 0.15) is 40.0 Å². The standard InChI is InChI=1S/C18H30N2O7S/c1-10(2)8-12(9-28-11(3)21)15(18(25)26)17(24)20-13(16(23)19-4)6-7-14(22)27-5/h10,12-13,15H,6-9H2,1-5H3,(H,19,23)(H,20,24)(H,25,26)/t12-,13-,15-/m0/s1. The molecule has 0 saturated carbocycles. The molecule has 2 amide bonds. The van der Waals surface area contributed by atoms with Gasteiger partial charge >= 0.3 is 11.9 Å². The van der Waals surface area contributed by atoms with Gasteiger partial charge in [0.25, 0.3) is 0 Å². The second-order valence-corrected chi connectivity index (χ2v) is 8.00. The molecule has 0 fully saturated rings. The van der Waals surface area contributed by atoms with Gasteiger partial charge in [0.1, 0.15) is 12.0 Å². The van der Waals surface area contributed by atoms with Crippen LogP contribution < -0.4 is 10.6 Å². The van der Waals surface area contributed by atoms with Gasteiger partial charge in [0.15, 0.2) is 5.12 Å². The number of amides is 2. The van der Waals surface area contributed by atoms with Crippen LogP contribution in [-0.2, 0) is 28.7 Å². The average Bonchev–Trinajstić information content (AvgIpc) is 2.61. The number of esters is 1. The molecule has 0 aliphatic rings. The van der Waals surface area contributed by atoms with Gasteiger partial charge in [0.05, 0.1) is 7.11 Å².